The van der Waals surface area contributed by atoms with E-state index in [0.29, 0.717) is 0 Å². The van der Waals surface area contributed by atoms with Gasteiger partial charge in [0.15, 0.2) is 17.5 Å². The molecule has 13 heteroatoms. The lowest BCUT2D eigenvalue weighted by molar-refractivity contribution is 0.669. The molecule has 0 aliphatic rings. The van der Waals surface area contributed by atoms with Gasteiger partial charge in [0.2, 0.25) is 0 Å². The molecule has 650 valence electrons. The molecule has 0 saturated heterocycles. The first-order valence-electron chi connectivity index (χ1n) is 47.7. The predicted molar refractivity (Wildman–Crippen MR) is 581 cm³/mol. The number of hydrogen-bond donors (Lipinski definition) is 0. The fourth-order valence-electron chi connectivity index (χ4n) is 24.0. The number of aromatic nitrogens is 9. The Morgan fingerprint density at radius 2 is 0.461 bits per heavy atom. The standard InChI is InChI=1S/C44H23N3O2.2C42H23N3O/c1-2-11-25-24(10-1)27-13-8-19-33-38(27)40-34(22-23-37-41(40)39-28(25)14-9-21-36(39)48-37)47(33)44-42(45-31-17-4-5-18-32(31)46-44)30-16-7-15-29-26-12-3-6-20-35(26)49-43(29)30;1-2-11-25(12-3-1)40-42(43-31-21-20-24-10-4-5-13-26(24)41(31)44-40)45-32-18-8-16-29-27-14-6-7-15-28(27)30-17-9-19-34-37(30)39-35(46-34)23-22-33(45)38(39)36(29)32;1-2-11-25(12-3-1)40-42(44-41-26-13-5-4-10-24(26)20-21-31(41)43-40)45-32-18-8-16-29-27-14-6-7-15-28(27)30-17-9-19-34-37(30)39-35(46-34)23-22-33(45)38(39)36(29)32/h1-23H;2*1-23H. The molecular formula is C128H69N9O4. The van der Waals surface area contributed by atoms with Crippen molar-refractivity contribution in [3.05, 3.63) is 419 Å². The van der Waals surface area contributed by atoms with Crippen LogP contribution < -0.4 is 0 Å². The van der Waals surface area contributed by atoms with Crippen molar-refractivity contribution in [2.45, 2.75) is 0 Å². The number of hydrogen-bond acceptors (Lipinski definition) is 10. The summed E-state index contributed by atoms with van der Waals surface area (Å²) in [6.45, 7) is 0. The molecule has 0 unspecified atom stereocenters. The van der Waals surface area contributed by atoms with E-state index in [1.165, 1.54) is 91.6 Å². The quantitative estimate of drug-likeness (QED) is 0.148. The van der Waals surface area contributed by atoms with Gasteiger partial charge in [0, 0.05) is 103 Å². The van der Waals surface area contributed by atoms with E-state index < -0.39 is 0 Å². The molecule has 141 heavy (non-hydrogen) atoms. The molecule has 13 nitrogen and oxygen atoms in total. The fourth-order valence-corrected chi connectivity index (χ4v) is 24.0. The maximum Gasteiger partial charge on any atom is 0.165 e. The van der Waals surface area contributed by atoms with Gasteiger partial charge in [-0.2, -0.15) is 0 Å². The maximum atomic E-state index is 6.59. The van der Waals surface area contributed by atoms with Crippen molar-refractivity contribution in [3.8, 4) is 51.2 Å². The van der Waals surface area contributed by atoms with Crippen LogP contribution in [0.4, 0.5) is 0 Å². The SMILES string of the molecule is c1ccc(-c2nc3c(ccc4ccccc43)nc2-n2c3cccc4c5ccccc5c5cccc6oc7ccc2c(c7c65)c43)cc1.c1ccc(-c2nc3ccc4ccccc4c3nc2-n2c3cccc4c5ccccc5c5cccc6oc7ccc2c(c7c65)c43)cc1.c1ccc2nc(-n3c4cccc5c6ccccc6c6cccc7oc8ccc3c(c8c76)c54)c(-c3cccc4c3oc3ccccc34)nc2c1. The van der Waals surface area contributed by atoms with Gasteiger partial charge in [-0.05, 0) is 185 Å². The van der Waals surface area contributed by atoms with Gasteiger partial charge in [-0.15, -0.1) is 0 Å². The van der Waals surface area contributed by atoms with Crippen molar-refractivity contribution in [1.82, 2.24) is 43.6 Å². The average molecular weight is 1800 g/mol. The van der Waals surface area contributed by atoms with E-state index in [-0.39, 0.29) is 0 Å². The highest BCUT2D eigenvalue weighted by molar-refractivity contribution is 6.42. The summed E-state index contributed by atoms with van der Waals surface area (Å²) in [6.07, 6.45) is 0. The monoisotopic (exact) mass is 1800 g/mol. The van der Waals surface area contributed by atoms with Crippen molar-refractivity contribution in [3.63, 3.8) is 0 Å². The molecule has 0 fully saturated rings. The van der Waals surface area contributed by atoms with Crippen molar-refractivity contribution in [1.29, 1.82) is 0 Å². The van der Waals surface area contributed by atoms with Gasteiger partial charge in [0.25, 0.3) is 0 Å². The number of nitrogens with zero attached hydrogens (tertiary/aromatic N) is 9. The molecule has 34 rings (SSSR count). The topological polar surface area (TPSA) is 145 Å². The second-order valence-corrected chi connectivity index (χ2v) is 37.1. The van der Waals surface area contributed by atoms with Crippen molar-refractivity contribution < 1.29 is 17.7 Å². The predicted octanol–water partition coefficient (Wildman–Crippen LogP) is 34.3. The highest BCUT2D eigenvalue weighted by Gasteiger charge is 2.32. The van der Waals surface area contributed by atoms with Crippen molar-refractivity contribution >= 4 is 272 Å². The number of furan rings is 4. The second kappa shape index (κ2) is 28.7. The van der Waals surface area contributed by atoms with E-state index in [1.54, 1.807) is 0 Å². The van der Waals surface area contributed by atoms with E-state index >= 15 is 0 Å². The highest BCUT2D eigenvalue weighted by Crippen LogP contribution is 2.54. The van der Waals surface area contributed by atoms with Gasteiger partial charge in [-0.1, -0.05) is 309 Å². The molecule has 0 aliphatic carbocycles. The van der Waals surface area contributed by atoms with Gasteiger partial charge in [0.05, 0.1) is 66.2 Å². The normalized spacial score (nSPS) is 12.4. The lowest BCUT2D eigenvalue weighted by Crippen LogP contribution is -2.04. The molecule has 0 spiro atoms. The minimum atomic E-state index is 0.753. The third-order valence-corrected chi connectivity index (χ3v) is 29.8. The van der Waals surface area contributed by atoms with Crippen molar-refractivity contribution in [2.75, 3.05) is 0 Å². The summed E-state index contributed by atoms with van der Waals surface area (Å²) in [6, 6.07) is 147. The van der Waals surface area contributed by atoms with Gasteiger partial charge in [0.1, 0.15) is 61.7 Å². The van der Waals surface area contributed by atoms with E-state index in [0.717, 1.165) is 232 Å². The summed E-state index contributed by atoms with van der Waals surface area (Å²) >= 11 is 0. The maximum absolute atomic E-state index is 6.59. The van der Waals surface area contributed by atoms with Gasteiger partial charge in [-0.25, -0.2) is 29.9 Å². The summed E-state index contributed by atoms with van der Waals surface area (Å²) in [5.74, 6) is 2.38. The minimum absolute atomic E-state index is 0.753. The molecule has 0 saturated carbocycles. The Morgan fingerprint density at radius 1 is 0.156 bits per heavy atom. The summed E-state index contributed by atoms with van der Waals surface area (Å²) in [4.78, 5) is 32.6. The molecule has 10 heterocycles. The number of fused-ring (bicyclic) bond motifs is 19. The molecule has 0 N–H and O–H groups in total. The summed E-state index contributed by atoms with van der Waals surface area (Å²) in [7, 11) is 0. The Kier molecular flexibility index (Phi) is 15.5. The molecule has 0 amide bonds. The fraction of sp³-hybridized carbons (Fsp3) is 0. The van der Waals surface area contributed by atoms with Crippen LogP contribution >= 0.6 is 0 Å². The first kappa shape index (κ1) is 76.1. The molecule has 0 bridgehead atoms. The summed E-state index contributed by atoms with van der Waals surface area (Å²) < 4.78 is 33.3. The van der Waals surface area contributed by atoms with E-state index in [2.05, 4.69) is 384 Å². The summed E-state index contributed by atoms with van der Waals surface area (Å²) in [5.41, 5.74) is 24.1. The third kappa shape index (κ3) is 10.6. The zero-order valence-corrected chi connectivity index (χ0v) is 75.0. The summed E-state index contributed by atoms with van der Waals surface area (Å²) in [5, 5.41) is 35.0. The molecule has 24 aromatic carbocycles. The van der Waals surface area contributed by atoms with Crippen LogP contribution in [-0.4, -0.2) is 43.6 Å². The Bertz CT molecular complexity index is 11400. The minimum Gasteiger partial charge on any atom is -0.456 e. The van der Waals surface area contributed by atoms with Crippen LogP contribution in [0.15, 0.2) is 436 Å². The second-order valence-electron chi connectivity index (χ2n) is 37.1. The van der Waals surface area contributed by atoms with Crippen molar-refractivity contribution in [2.24, 2.45) is 0 Å². The zero-order valence-electron chi connectivity index (χ0n) is 75.0. The van der Waals surface area contributed by atoms with Crippen LogP contribution in [0.5, 0.6) is 0 Å². The van der Waals surface area contributed by atoms with E-state index in [9.17, 15) is 0 Å². The molecule has 10 aromatic heterocycles. The van der Waals surface area contributed by atoms with Gasteiger partial charge < -0.3 is 17.7 Å². The van der Waals surface area contributed by atoms with Crippen LogP contribution in [0.3, 0.4) is 0 Å². The smallest absolute Gasteiger partial charge is 0.165 e. The molecule has 0 radical (unpaired) electrons. The lowest BCUT2D eigenvalue weighted by Gasteiger charge is -2.14. The number of rotatable bonds is 6. The Balaban J connectivity index is 0.0000000954. The Labute approximate surface area is 798 Å². The van der Waals surface area contributed by atoms with Crippen LogP contribution in [0.25, 0.3) is 324 Å². The van der Waals surface area contributed by atoms with Gasteiger partial charge >= 0.3 is 0 Å². The number of para-hydroxylation sites is 4. The first-order chi connectivity index (χ1) is 70.0. The van der Waals surface area contributed by atoms with Crippen LogP contribution in [-0.2, 0) is 0 Å². The zero-order chi connectivity index (χ0) is 91.7. The average Bonchev–Trinajstić information content (AvgIpc) is 1.54. The molecular weight excluding hydrogens is 1730 g/mol. The Hall–Kier alpha value is -19.2. The largest absolute Gasteiger partial charge is 0.456 e. The molecule has 0 atom stereocenters. The van der Waals surface area contributed by atoms with E-state index in [4.69, 9.17) is 47.6 Å². The Morgan fingerprint density at radius 3 is 0.922 bits per heavy atom. The van der Waals surface area contributed by atoms with Crippen LogP contribution in [0.1, 0.15) is 0 Å². The third-order valence-electron chi connectivity index (χ3n) is 29.8. The first-order valence-corrected chi connectivity index (χ1v) is 47.7. The van der Waals surface area contributed by atoms with E-state index in [1.807, 2.05) is 48.5 Å². The van der Waals surface area contributed by atoms with Crippen LogP contribution in [0.2, 0.25) is 0 Å². The highest BCUT2D eigenvalue weighted by atomic mass is 16.3. The van der Waals surface area contributed by atoms with Crippen LogP contribution in [0, 0.1) is 0 Å². The lowest BCUT2D eigenvalue weighted by atomic mass is 9.95. The van der Waals surface area contributed by atoms with Gasteiger partial charge in [-0.3, -0.25) is 13.7 Å². The molecule has 34 aromatic rings. The molecule has 0 aliphatic heterocycles. The number of benzene rings is 21.